The molecule has 0 aromatic heterocycles. The van der Waals surface area contributed by atoms with E-state index in [1.807, 2.05) is 0 Å². The summed E-state index contributed by atoms with van der Waals surface area (Å²) in [5.41, 5.74) is -0.164. The van der Waals surface area contributed by atoms with Gasteiger partial charge >= 0.3 is 0 Å². The second-order valence-electron chi connectivity index (χ2n) is 5.04. The fraction of sp³-hybridized carbons (Fsp3) is 1.00. The Kier molecular flexibility index (Phi) is 2.16. The predicted octanol–water partition coefficient (Wildman–Crippen LogP) is 1.27. The van der Waals surface area contributed by atoms with Crippen molar-refractivity contribution in [3.05, 3.63) is 0 Å². The molecule has 4 unspecified atom stereocenters. The van der Waals surface area contributed by atoms with Gasteiger partial charge in [-0.2, -0.15) is 0 Å². The Labute approximate surface area is 80.0 Å². The molecule has 2 rings (SSSR count). The predicted molar refractivity (Wildman–Crippen MR) is 51.1 cm³/mol. The van der Waals surface area contributed by atoms with Gasteiger partial charge in [-0.05, 0) is 36.5 Å². The van der Waals surface area contributed by atoms with Gasteiger partial charge in [-0.3, -0.25) is 0 Å². The summed E-state index contributed by atoms with van der Waals surface area (Å²) in [6.45, 7) is 4.81. The molecule has 2 saturated carbocycles. The Hall–Kier alpha value is -0.0800. The first-order chi connectivity index (χ1) is 6.17. The molecule has 2 aliphatic rings. The Morgan fingerprint density at radius 1 is 1.15 bits per heavy atom. The van der Waals surface area contributed by atoms with Gasteiger partial charge in [0, 0.05) is 5.41 Å². The van der Waals surface area contributed by atoms with Crippen LogP contribution in [0, 0.1) is 29.1 Å². The van der Waals surface area contributed by atoms with Crippen molar-refractivity contribution in [2.24, 2.45) is 29.1 Å². The third-order valence-electron chi connectivity index (χ3n) is 5.00. The van der Waals surface area contributed by atoms with Gasteiger partial charge in [0.15, 0.2) is 0 Å². The molecule has 76 valence electrons. The zero-order chi connectivity index (χ0) is 9.64. The van der Waals surface area contributed by atoms with E-state index in [0.29, 0.717) is 17.8 Å². The summed E-state index contributed by atoms with van der Waals surface area (Å²) in [7, 11) is 0. The van der Waals surface area contributed by atoms with Crippen molar-refractivity contribution in [3.8, 4) is 0 Å². The summed E-state index contributed by atoms with van der Waals surface area (Å²) < 4.78 is 0. The van der Waals surface area contributed by atoms with Crippen molar-refractivity contribution in [2.75, 3.05) is 13.2 Å². The second kappa shape index (κ2) is 2.96. The van der Waals surface area contributed by atoms with Crippen molar-refractivity contribution in [1.29, 1.82) is 0 Å². The molecule has 2 fully saturated rings. The van der Waals surface area contributed by atoms with Crippen molar-refractivity contribution in [3.63, 3.8) is 0 Å². The van der Waals surface area contributed by atoms with E-state index in [1.165, 1.54) is 12.8 Å². The van der Waals surface area contributed by atoms with Crippen LogP contribution in [0.5, 0.6) is 0 Å². The lowest BCUT2D eigenvalue weighted by atomic mass is 9.67. The minimum atomic E-state index is -0.164. The summed E-state index contributed by atoms with van der Waals surface area (Å²) in [6, 6.07) is 0. The van der Waals surface area contributed by atoms with E-state index in [2.05, 4.69) is 13.8 Å². The van der Waals surface area contributed by atoms with Crippen molar-refractivity contribution < 1.29 is 10.2 Å². The zero-order valence-electron chi connectivity index (χ0n) is 8.53. The Morgan fingerprint density at radius 2 is 1.77 bits per heavy atom. The van der Waals surface area contributed by atoms with Gasteiger partial charge in [-0.1, -0.05) is 13.8 Å². The fourth-order valence-electron chi connectivity index (χ4n) is 4.05. The first kappa shape index (κ1) is 9.47. The van der Waals surface area contributed by atoms with E-state index in [9.17, 15) is 10.2 Å². The van der Waals surface area contributed by atoms with E-state index in [4.69, 9.17) is 0 Å². The summed E-state index contributed by atoms with van der Waals surface area (Å²) in [5.74, 6) is 2.50. The number of hydrogen-bond donors (Lipinski definition) is 2. The third-order valence-corrected chi connectivity index (χ3v) is 5.00. The average molecular weight is 184 g/mol. The summed E-state index contributed by atoms with van der Waals surface area (Å²) in [5, 5.41) is 18.9. The van der Waals surface area contributed by atoms with Crippen molar-refractivity contribution in [2.45, 2.75) is 26.7 Å². The molecule has 0 aromatic rings. The molecule has 2 N–H and O–H groups in total. The quantitative estimate of drug-likeness (QED) is 0.678. The van der Waals surface area contributed by atoms with E-state index < -0.39 is 0 Å². The number of hydrogen-bond acceptors (Lipinski definition) is 2. The Bertz CT molecular complexity index is 198. The lowest BCUT2D eigenvalue weighted by molar-refractivity contribution is -0.0306. The minimum Gasteiger partial charge on any atom is -0.396 e. The van der Waals surface area contributed by atoms with Crippen LogP contribution >= 0.6 is 0 Å². The SMILES string of the molecule is CC1C2CCC1C(CO)(CO)C2C. The molecule has 0 aromatic carbocycles. The maximum Gasteiger partial charge on any atom is 0.0514 e. The molecule has 0 heterocycles. The fourth-order valence-corrected chi connectivity index (χ4v) is 4.05. The first-order valence-corrected chi connectivity index (χ1v) is 5.39. The summed E-state index contributed by atoms with van der Waals surface area (Å²) in [6.07, 6.45) is 2.51. The van der Waals surface area contributed by atoms with Crippen LogP contribution in [0.3, 0.4) is 0 Å². The van der Waals surface area contributed by atoms with Crippen LogP contribution in [-0.2, 0) is 0 Å². The van der Waals surface area contributed by atoms with Gasteiger partial charge in [0.2, 0.25) is 0 Å². The summed E-state index contributed by atoms with van der Waals surface area (Å²) in [4.78, 5) is 0. The number of rotatable bonds is 2. The molecule has 0 amide bonds. The molecule has 0 aliphatic heterocycles. The van der Waals surface area contributed by atoms with Gasteiger partial charge < -0.3 is 10.2 Å². The van der Waals surface area contributed by atoms with E-state index in [-0.39, 0.29) is 18.6 Å². The lowest BCUT2D eigenvalue weighted by Gasteiger charge is -2.39. The van der Waals surface area contributed by atoms with Crippen molar-refractivity contribution in [1.82, 2.24) is 0 Å². The zero-order valence-corrected chi connectivity index (χ0v) is 8.53. The highest BCUT2D eigenvalue weighted by molar-refractivity contribution is 5.07. The summed E-state index contributed by atoms with van der Waals surface area (Å²) >= 11 is 0. The first-order valence-electron chi connectivity index (χ1n) is 5.39. The smallest absolute Gasteiger partial charge is 0.0514 e. The van der Waals surface area contributed by atoms with Crippen molar-refractivity contribution >= 4 is 0 Å². The van der Waals surface area contributed by atoms with Crippen LogP contribution in [0.15, 0.2) is 0 Å². The lowest BCUT2D eigenvalue weighted by Crippen LogP contribution is -2.41. The molecule has 13 heavy (non-hydrogen) atoms. The normalized spacial score (nSPS) is 47.1. The van der Waals surface area contributed by atoms with Crippen LogP contribution in [0.1, 0.15) is 26.7 Å². The van der Waals surface area contributed by atoms with Crippen LogP contribution < -0.4 is 0 Å². The Morgan fingerprint density at radius 3 is 2.08 bits per heavy atom. The molecule has 2 nitrogen and oxygen atoms in total. The van der Waals surface area contributed by atoms with E-state index in [0.717, 1.165) is 5.92 Å². The largest absolute Gasteiger partial charge is 0.396 e. The molecule has 2 heteroatoms. The maximum absolute atomic E-state index is 9.47. The van der Waals surface area contributed by atoms with E-state index >= 15 is 0 Å². The van der Waals surface area contributed by atoms with Gasteiger partial charge in [-0.25, -0.2) is 0 Å². The van der Waals surface area contributed by atoms with Crippen LogP contribution in [0.4, 0.5) is 0 Å². The molecule has 2 aliphatic carbocycles. The molecule has 0 spiro atoms. The standard InChI is InChI=1S/C11H20O2/c1-7-9-3-4-10(7)11(5-12,6-13)8(9)2/h7-10,12-13H,3-6H2,1-2H3. The van der Waals surface area contributed by atoms with Crippen LogP contribution in [0.25, 0.3) is 0 Å². The van der Waals surface area contributed by atoms with E-state index in [1.54, 1.807) is 0 Å². The average Bonchev–Trinajstić information content (AvgIpc) is 2.60. The van der Waals surface area contributed by atoms with Crippen LogP contribution in [0.2, 0.25) is 0 Å². The van der Waals surface area contributed by atoms with Gasteiger partial charge in [-0.15, -0.1) is 0 Å². The molecule has 0 saturated heterocycles. The molecular formula is C11H20O2. The van der Waals surface area contributed by atoms with Gasteiger partial charge in [0.05, 0.1) is 13.2 Å². The maximum atomic E-state index is 9.47. The molecule has 2 bridgehead atoms. The highest BCUT2D eigenvalue weighted by Crippen LogP contribution is 2.61. The highest BCUT2D eigenvalue weighted by Gasteiger charge is 2.59. The number of aliphatic hydroxyl groups is 2. The second-order valence-corrected chi connectivity index (χ2v) is 5.04. The highest BCUT2D eigenvalue weighted by atomic mass is 16.3. The van der Waals surface area contributed by atoms with Gasteiger partial charge in [0.1, 0.15) is 0 Å². The number of aliphatic hydroxyl groups excluding tert-OH is 2. The molecular weight excluding hydrogens is 164 g/mol. The topological polar surface area (TPSA) is 40.5 Å². The molecule has 0 radical (unpaired) electrons. The molecule has 4 atom stereocenters. The monoisotopic (exact) mass is 184 g/mol. The third kappa shape index (κ3) is 0.962. The Balaban J connectivity index is 2.30. The minimum absolute atomic E-state index is 0.163. The van der Waals surface area contributed by atoms with Crippen LogP contribution in [-0.4, -0.2) is 23.4 Å². The number of fused-ring (bicyclic) bond motifs is 2. The van der Waals surface area contributed by atoms with Gasteiger partial charge in [0.25, 0.3) is 0 Å².